The molecule has 0 aliphatic rings. The standard InChI is InChI=1S/C12H12F3N3S/c1-2-18-11(10-6-17-7-19-10)8-5-16-4-3-9(8)12(13,14)15/h3-7,11,18H,2H2,1H3. The molecular formula is C12H12F3N3S. The highest BCUT2D eigenvalue weighted by molar-refractivity contribution is 7.09. The lowest BCUT2D eigenvalue weighted by molar-refractivity contribution is -0.138. The first-order chi connectivity index (χ1) is 9.04. The van der Waals surface area contributed by atoms with E-state index in [1.165, 1.54) is 17.5 Å². The molecule has 3 nitrogen and oxygen atoms in total. The van der Waals surface area contributed by atoms with E-state index >= 15 is 0 Å². The molecule has 0 aliphatic heterocycles. The molecule has 0 fully saturated rings. The molecule has 1 atom stereocenters. The molecule has 0 saturated carbocycles. The first-order valence-electron chi connectivity index (χ1n) is 5.67. The van der Waals surface area contributed by atoms with Crippen LogP contribution in [0.2, 0.25) is 0 Å². The summed E-state index contributed by atoms with van der Waals surface area (Å²) in [6, 6.07) is 0.462. The van der Waals surface area contributed by atoms with Gasteiger partial charge in [0.05, 0.1) is 17.1 Å². The van der Waals surface area contributed by atoms with Crippen LogP contribution in [0.3, 0.4) is 0 Å². The quantitative estimate of drug-likeness (QED) is 0.938. The number of nitrogens with zero attached hydrogens (tertiary/aromatic N) is 2. The molecule has 7 heteroatoms. The number of rotatable bonds is 4. The molecular weight excluding hydrogens is 275 g/mol. The molecule has 1 N–H and O–H groups in total. The summed E-state index contributed by atoms with van der Waals surface area (Å²) in [6.07, 6.45) is -0.403. The van der Waals surface area contributed by atoms with E-state index in [-0.39, 0.29) is 5.56 Å². The SMILES string of the molecule is CCNC(c1cncs1)c1cnccc1C(F)(F)F. The number of hydrogen-bond donors (Lipinski definition) is 1. The summed E-state index contributed by atoms with van der Waals surface area (Å²) in [5.74, 6) is 0. The number of halogens is 3. The van der Waals surface area contributed by atoms with E-state index in [0.717, 1.165) is 17.1 Å². The number of aromatic nitrogens is 2. The third kappa shape index (κ3) is 3.10. The third-order valence-electron chi connectivity index (χ3n) is 2.61. The van der Waals surface area contributed by atoms with Gasteiger partial charge in [-0.1, -0.05) is 6.92 Å². The van der Waals surface area contributed by atoms with Crippen LogP contribution >= 0.6 is 11.3 Å². The Morgan fingerprint density at radius 1 is 1.32 bits per heavy atom. The Morgan fingerprint density at radius 2 is 2.11 bits per heavy atom. The van der Waals surface area contributed by atoms with Crippen molar-refractivity contribution in [3.05, 3.63) is 46.2 Å². The highest BCUT2D eigenvalue weighted by Crippen LogP contribution is 2.36. The Hall–Kier alpha value is -1.47. The topological polar surface area (TPSA) is 37.8 Å². The molecule has 0 radical (unpaired) electrons. The van der Waals surface area contributed by atoms with Gasteiger partial charge in [-0.3, -0.25) is 9.97 Å². The van der Waals surface area contributed by atoms with Crippen LogP contribution in [0, 0.1) is 0 Å². The fraction of sp³-hybridized carbons (Fsp3) is 0.333. The molecule has 1 unspecified atom stereocenters. The van der Waals surface area contributed by atoms with Crippen LogP contribution in [0.15, 0.2) is 30.2 Å². The molecule has 2 heterocycles. The van der Waals surface area contributed by atoms with Crippen molar-refractivity contribution in [2.45, 2.75) is 19.1 Å². The minimum Gasteiger partial charge on any atom is -0.306 e. The molecule has 0 aliphatic carbocycles. The predicted molar refractivity (Wildman–Crippen MR) is 66.9 cm³/mol. The predicted octanol–water partition coefficient (Wildman–Crippen LogP) is 3.26. The first kappa shape index (κ1) is 14.0. The second-order valence-corrected chi connectivity index (χ2v) is 4.77. The van der Waals surface area contributed by atoms with Crippen molar-refractivity contribution in [2.75, 3.05) is 6.54 Å². The Morgan fingerprint density at radius 3 is 2.68 bits per heavy atom. The van der Waals surface area contributed by atoms with Gasteiger partial charge in [-0.15, -0.1) is 11.3 Å². The fourth-order valence-corrected chi connectivity index (χ4v) is 2.54. The zero-order chi connectivity index (χ0) is 13.9. The monoisotopic (exact) mass is 287 g/mol. The van der Waals surface area contributed by atoms with Crippen molar-refractivity contribution in [1.82, 2.24) is 15.3 Å². The molecule has 2 rings (SSSR count). The van der Waals surface area contributed by atoms with Gasteiger partial charge in [0.15, 0.2) is 0 Å². The summed E-state index contributed by atoms with van der Waals surface area (Å²) in [6.45, 7) is 2.40. The highest BCUT2D eigenvalue weighted by Gasteiger charge is 2.35. The summed E-state index contributed by atoms with van der Waals surface area (Å²) >= 11 is 1.32. The molecule has 0 spiro atoms. The van der Waals surface area contributed by atoms with E-state index in [1.54, 1.807) is 11.7 Å². The van der Waals surface area contributed by atoms with E-state index in [0.29, 0.717) is 6.54 Å². The number of alkyl halides is 3. The minimum atomic E-state index is -4.39. The van der Waals surface area contributed by atoms with Crippen LogP contribution in [0.4, 0.5) is 13.2 Å². The number of hydrogen-bond acceptors (Lipinski definition) is 4. The highest BCUT2D eigenvalue weighted by atomic mass is 32.1. The Labute approximate surface area is 112 Å². The van der Waals surface area contributed by atoms with E-state index in [9.17, 15) is 13.2 Å². The largest absolute Gasteiger partial charge is 0.416 e. The average Bonchev–Trinajstić information content (AvgIpc) is 2.88. The molecule has 0 bridgehead atoms. The zero-order valence-corrected chi connectivity index (χ0v) is 10.9. The zero-order valence-electron chi connectivity index (χ0n) is 10.1. The lowest BCUT2D eigenvalue weighted by atomic mass is 10.0. The maximum Gasteiger partial charge on any atom is 0.416 e. The summed E-state index contributed by atoms with van der Waals surface area (Å²) in [4.78, 5) is 8.47. The normalized spacial score (nSPS) is 13.5. The molecule has 102 valence electrons. The maximum absolute atomic E-state index is 13.0. The third-order valence-corrected chi connectivity index (χ3v) is 3.45. The lowest BCUT2D eigenvalue weighted by Gasteiger charge is -2.20. The summed E-state index contributed by atoms with van der Waals surface area (Å²) in [7, 11) is 0. The second-order valence-electron chi connectivity index (χ2n) is 3.86. The van der Waals surface area contributed by atoms with Crippen molar-refractivity contribution < 1.29 is 13.2 Å². The number of thiazole rings is 1. The Balaban J connectivity index is 2.48. The molecule has 0 amide bonds. The van der Waals surface area contributed by atoms with Gasteiger partial charge in [0.2, 0.25) is 0 Å². The van der Waals surface area contributed by atoms with Crippen molar-refractivity contribution in [1.29, 1.82) is 0 Å². The van der Waals surface area contributed by atoms with Gasteiger partial charge in [-0.25, -0.2) is 0 Å². The van der Waals surface area contributed by atoms with Gasteiger partial charge in [0, 0.05) is 29.0 Å². The molecule has 2 aromatic heterocycles. The van der Waals surface area contributed by atoms with Gasteiger partial charge in [0.25, 0.3) is 0 Å². The lowest BCUT2D eigenvalue weighted by Crippen LogP contribution is -2.24. The minimum absolute atomic E-state index is 0.126. The van der Waals surface area contributed by atoms with E-state index in [4.69, 9.17) is 0 Å². The Kier molecular flexibility index (Phi) is 4.16. The van der Waals surface area contributed by atoms with Gasteiger partial charge >= 0.3 is 6.18 Å². The number of nitrogens with one attached hydrogen (secondary N) is 1. The van der Waals surface area contributed by atoms with Crippen LogP contribution < -0.4 is 5.32 Å². The first-order valence-corrected chi connectivity index (χ1v) is 6.55. The summed E-state index contributed by atoms with van der Waals surface area (Å²) < 4.78 is 39.1. The van der Waals surface area contributed by atoms with Crippen molar-refractivity contribution >= 4 is 11.3 Å². The van der Waals surface area contributed by atoms with Crippen LogP contribution in [0.25, 0.3) is 0 Å². The van der Waals surface area contributed by atoms with E-state index < -0.39 is 17.8 Å². The van der Waals surface area contributed by atoms with E-state index in [2.05, 4.69) is 15.3 Å². The van der Waals surface area contributed by atoms with Crippen molar-refractivity contribution in [2.24, 2.45) is 0 Å². The fourth-order valence-electron chi connectivity index (χ4n) is 1.83. The molecule has 0 saturated heterocycles. The van der Waals surface area contributed by atoms with Crippen LogP contribution in [-0.4, -0.2) is 16.5 Å². The Bertz CT molecular complexity index is 525. The summed E-state index contributed by atoms with van der Waals surface area (Å²) in [5, 5.41) is 3.04. The molecule has 0 aromatic carbocycles. The van der Waals surface area contributed by atoms with Crippen molar-refractivity contribution in [3.63, 3.8) is 0 Å². The number of pyridine rings is 1. The second kappa shape index (κ2) is 5.66. The molecule has 2 aromatic rings. The van der Waals surface area contributed by atoms with Gasteiger partial charge in [-0.05, 0) is 12.6 Å². The van der Waals surface area contributed by atoms with E-state index in [1.807, 2.05) is 6.92 Å². The van der Waals surface area contributed by atoms with Gasteiger partial charge in [0.1, 0.15) is 0 Å². The van der Waals surface area contributed by atoms with Crippen LogP contribution in [0.1, 0.15) is 29.0 Å². The van der Waals surface area contributed by atoms with Crippen LogP contribution in [-0.2, 0) is 6.18 Å². The van der Waals surface area contributed by atoms with Crippen LogP contribution in [0.5, 0.6) is 0 Å². The van der Waals surface area contributed by atoms with Crippen molar-refractivity contribution in [3.8, 4) is 0 Å². The summed E-state index contributed by atoms with van der Waals surface area (Å²) in [5.41, 5.74) is 1.06. The maximum atomic E-state index is 13.0. The average molecular weight is 287 g/mol. The smallest absolute Gasteiger partial charge is 0.306 e. The van der Waals surface area contributed by atoms with Gasteiger partial charge < -0.3 is 5.32 Å². The van der Waals surface area contributed by atoms with Gasteiger partial charge in [-0.2, -0.15) is 13.2 Å². The molecule has 19 heavy (non-hydrogen) atoms.